The van der Waals surface area contributed by atoms with Crippen molar-refractivity contribution in [1.29, 1.82) is 0 Å². The molecule has 8 nitrogen and oxygen atoms in total. The molecular weight excluding hydrogens is 280 g/mol. The molecule has 3 heterocycles. The lowest BCUT2D eigenvalue weighted by molar-refractivity contribution is -0.149. The first-order valence-corrected chi connectivity index (χ1v) is 6.86. The first-order valence-electron chi connectivity index (χ1n) is 6.86. The fraction of sp³-hybridized carbons (Fsp3) is 0.692. The molecule has 114 valence electrons. The normalized spacial score (nSPS) is 33.5. The molecule has 0 aromatic carbocycles. The highest BCUT2D eigenvalue weighted by atomic mass is 16.5. The van der Waals surface area contributed by atoms with Crippen molar-refractivity contribution in [2.45, 2.75) is 25.0 Å². The van der Waals surface area contributed by atoms with E-state index in [1.807, 2.05) is 0 Å². The first kappa shape index (κ1) is 14.0. The Morgan fingerprint density at radius 1 is 1.24 bits per heavy atom. The second-order valence-corrected chi connectivity index (χ2v) is 5.75. The molecule has 2 bridgehead atoms. The Morgan fingerprint density at radius 3 is 2.24 bits per heavy atom. The van der Waals surface area contributed by atoms with Gasteiger partial charge in [0.05, 0.1) is 24.0 Å². The number of likely N-dealkylation sites (N-methyl/N-ethyl adjacent to an activating group) is 1. The monoisotopic (exact) mass is 296 g/mol. The fourth-order valence-electron chi connectivity index (χ4n) is 3.48. The molecule has 3 aliphatic heterocycles. The summed E-state index contributed by atoms with van der Waals surface area (Å²) in [6.45, 7) is -0.857. The second-order valence-electron chi connectivity index (χ2n) is 5.75. The van der Waals surface area contributed by atoms with Crippen LogP contribution in [0.15, 0.2) is 0 Å². The van der Waals surface area contributed by atoms with E-state index in [0.29, 0.717) is 0 Å². The molecule has 0 aromatic heterocycles. The summed E-state index contributed by atoms with van der Waals surface area (Å²) in [5.74, 6) is -3.37. The van der Waals surface area contributed by atoms with Crippen LogP contribution in [0.3, 0.4) is 0 Å². The average molecular weight is 296 g/mol. The van der Waals surface area contributed by atoms with Crippen LogP contribution < -0.4 is 0 Å². The Balaban J connectivity index is 1.70. The van der Waals surface area contributed by atoms with Gasteiger partial charge in [-0.1, -0.05) is 0 Å². The van der Waals surface area contributed by atoms with Crippen molar-refractivity contribution in [3.63, 3.8) is 0 Å². The van der Waals surface area contributed by atoms with Crippen molar-refractivity contribution < 1.29 is 29.0 Å². The second kappa shape index (κ2) is 4.80. The van der Waals surface area contributed by atoms with Crippen LogP contribution in [0.2, 0.25) is 0 Å². The van der Waals surface area contributed by atoms with Crippen molar-refractivity contribution in [2.24, 2.45) is 11.8 Å². The fourth-order valence-corrected chi connectivity index (χ4v) is 3.48. The molecule has 4 unspecified atom stereocenters. The van der Waals surface area contributed by atoms with Crippen LogP contribution >= 0.6 is 0 Å². The van der Waals surface area contributed by atoms with Crippen molar-refractivity contribution in [2.75, 3.05) is 20.1 Å². The topological polar surface area (TPSA) is 104 Å². The predicted octanol–water partition coefficient (Wildman–Crippen LogP) is -1.31. The summed E-state index contributed by atoms with van der Waals surface area (Å²) in [6.07, 6.45) is 1.11. The molecule has 0 saturated carbocycles. The number of aliphatic carboxylic acids is 1. The molecule has 3 saturated heterocycles. The number of hydrogen-bond donors (Lipinski definition) is 1. The summed E-state index contributed by atoms with van der Waals surface area (Å²) in [5, 5.41) is 8.65. The van der Waals surface area contributed by atoms with E-state index in [1.165, 1.54) is 7.05 Å². The molecular formula is C13H16N2O6. The molecule has 8 heteroatoms. The van der Waals surface area contributed by atoms with Crippen LogP contribution in [-0.2, 0) is 23.9 Å². The van der Waals surface area contributed by atoms with Gasteiger partial charge in [0, 0.05) is 7.05 Å². The third-order valence-electron chi connectivity index (χ3n) is 4.47. The number of carboxylic acids is 1. The van der Waals surface area contributed by atoms with E-state index in [2.05, 4.69) is 0 Å². The lowest BCUT2D eigenvalue weighted by Gasteiger charge is -2.20. The van der Waals surface area contributed by atoms with Crippen LogP contribution in [0.5, 0.6) is 0 Å². The molecule has 3 amide bonds. The maximum atomic E-state index is 12.3. The lowest BCUT2D eigenvalue weighted by atomic mass is 9.81. The number of rotatable bonds is 4. The molecule has 3 aliphatic rings. The highest BCUT2D eigenvalue weighted by molar-refractivity contribution is 6.08. The number of ether oxygens (including phenoxy) is 1. The quantitative estimate of drug-likeness (QED) is 0.646. The Hall–Kier alpha value is -1.96. The van der Waals surface area contributed by atoms with Crippen LogP contribution in [0.1, 0.15) is 12.8 Å². The van der Waals surface area contributed by atoms with E-state index in [1.54, 1.807) is 0 Å². The van der Waals surface area contributed by atoms with E-state index in [0.717, 1.165) is 22.6 Å². The summed E-state index contributed by atoms with van der Waals surface area (Å²) in [5.41, 5.74) is 0. The van der Waals surface area contributed by atoms with E-state index in [9.17, 15) is 19.2 Å². The summed E-state index contributed by atoms with van der Waals surface area (Å²) in [6, 6.07) is 0. The van der Waals surface area contributed by atoms with E-state index in [-0.39, 0.29) is 24.0 Å². The van der Waals surface area contributed by atoms with Gasteiger partial charge in [0.25, 0.3) is 0 Å². The summed E-state index contributed by atoms with van der Waals surface area (Å²) in [7, 11) is 1.33. The largest absolute Gasteiger partial charge is 0.480 e. The standard InChI is InChI=1S/C13H16N2O6/c1-14(5-9(17)18)8(16)4-15-12(19)10-6-2-3-7(21-6)11(10)13(15)20/h6-7,10-11H,2-5H2,1H3,(H,17,18). The van der Waals surface area contributed by atoms with Gasteiger partial charge in [0.2, 0.25) is 17.7 Å². The van der Waals surface area contributed by atoms with Crippen molar-refractivity contribution in [3.05, 3.63) is 0 Å². The maximum absolute atomic E-state index is 12.3. The van der Waals surface area contributed by atoms with Gasteiger partial charge in [-0.2, -0.15) is 0 Å². The summed E-state index contributed by atoms with van der Waals surface area (Å²) in [4.78, 5) is 49.0. The van der Waals surface area contributed by atoms with Gasteiger partial charge >= 0.3 is 5.97 Å². The number of nitrogens with zero attached hydrogens (tertiary/aromatic N) is 2. The zero-order valence-corrected chi connectivity index (χ0v) is 11.5. The number of carbonyl (C=O) groups excluding carboxylic acids is 3. The predicted molar refractivity (Wildman–Crippen MR) is 66.9 cm³/mol. The average Bonchev–Trinajstić information content (AvgIpc) is 3.07. The molecule has 0 aromatic rings. The number of fused-ring (bicyclic) bond motifs is 5. The highest BCUT2D eigenvalue weighted by Gasteiger charge is 2.62. The van der Waals surface area contributed by atoms with Gasteiger partial charge in [-0.25, -0.2) is 0 Å². The van der Waals surface area contributed by atoms with E-state index in [4.69, 9.17) is 9.84 Å². The Kier molecular flexibility index (Phi) is 3.20. The third kappa shape index (κ3) is 2.10. The minimum absolute atomic E-state index is 0.215. The number of carboxylic acid groups (broad SMARTS) is 1. The van der Waals surface area contributed by atoms with Gasteiger partial charge in [-0.05, 0) is 12.8 Å². The molecule has 3 fully saturated rings. The minimum atomic E-state index is -1.15. The number of likely N-dealkylation sites (tertiary alicyclic amines) is 1. The zero-order valence-electron chi connectivity index (χ0n) is 11.5. The van der Waals surface area contributed by atoms with Crippen LogP contribution in [-0.4, -0.2) is 70.9 Å². The molecule has 4 atom stereocenters. The van der Waals surface area contributed by atoms with Crippen molar-refractivity contribution in [3.8, 4) is 0 Å². The molecule has 0 radical (unpaired) electrons. The van der Waals surface area contributed by atoms with Crippen molar-refractivity contribution >= 4 is 23.7 Å². The number of carbonyl (C=O) groups is 4. The minimum Gasteiger partial charge on any atom is -0.480 e. The number of hydrogen-bond acceptors (Lipinski definition) is 5. The smallest absolute Gasteiger partial charge is 0.323 e. The van der Waals surface area contributed by atoms with Crippen molar-refractivity contribution in [1.82, 2.24) is 9.80 Å². The van der Waals surface area contributed by atoms with E-state index >= 15 is 0 Å². The molecule has 21 heavy (non-hydrogen) atoms. The molecule has 0 spiro atoms. The van der Waals surface area contributed by atoms with Gasteiger partial charge in [0.1, 0.15) is 13.1 Å². The lowest BCUT2D eigenvalue weighted by Crippen LogP contribution is -2.44. The van der Waals surface area contributed by atoms with Crippen LogP contribution in [0, 0.1) is 11.8 Å². The highest BCUT2D eigenvalue weighted by Crippen LogP contribution is 2.48. The Morgan fingerprint density at radius 2 is 1.76 bits per heavy atom. The first-order chi connectivity index (χ1) is 9.90. The SMILES string of the molecule is CN(CC(=O)O)C(=O)CN1C(=O)C2C3CCC(O3)C2C1=O. The van der Waals surface area contributed by atoms with E-state index < -0.39 is 36.8 Å². The molecule has 3 rings (SSSR count). The summed E-state index contributed by atoms with van der Waals surface area (Å²) < 4.78 is 5.59. The maximum Gasteiger partial charge on any atom is 0.323 e. The zero-order chi connectivity index (χ0) is 15.3. The van der Waals surface area contributed by atoms with Gasteiger partial charge in [-0.15, -0.1) is 0 Å². The van der Waals surface area contributed by atoms with Gasteiger partial charge in [-0.3, -0.25) is 24.1 Å². The Bertz CT molecular complexity index is 505. The Labute approximate surface area is 120 Å². The van der Waals surface area contributed by atoms with Crippen LogP contribution in [0.4, 0.5) is 0 Å². The number of imide groups is 1. The molecule has 1 N–H and O–H groups in total. The molecule has 0 aliphatic carbocycles. The van der Waals surface area contributed by atoms with Gasteiger partial charge in [0.15, 0.2) is 0 Å². The third-order valence-corrected chi connectivity index (χ3v) is 4.47. The summed E-state index contributed by atoms with van der Waals surface area (Å²) >= 11 is 0. The van der Waals surface area contributed by atoms with Gasteiger partial charge < -0.3 is 14.7 Å². The van der Waals surface area contributed by atoms with Crippen LogP contribution in [0.25, 0.3) is 0 Å². The number of amides is 3.